The Labute approximate surface area is 78.6 Å². The van der Waals surface area contributed by atoms with E-state index in [0.29, 0.717) is 5.84 Å². The highest BCUT2D eigenvalue weighted by atomic mass is 79.9. The molecule has 4 heteroatoms. The van der Waals surface area contributed by atoms with Crippen LogP contribution in [0.2, 0.25) is 0 Å². The van der Waals surface area contributed by atoms with Gasteiger partial charge in [-0.25, -0.2) is 4.99 Å². The van der Waals surface area contributed by atoms with Crippen molar-refractivity contribution in [3.63, 3.8) is 0 Å². The Morgan fingerprint density at radius 1 is 1.42 bits per heavy atom. The molecule has 3 nitrogen and oxygen atoms in total. The van der Waals surface area contributed by atoms with Crippen LogP contribution in [-0.4, -0.2) is 5.84 Å². The van der Waals surface area contributed by atoms with Crippen molar-refractivity contribution in [3.8, 4) is 0 Å². The summed E-state index contributed by atoms with van der Waals surface area (Å²) in [5, 5.41) is 0. The summed E-state index contributed by atoms with van der Waals surface area (Å²) in [6.45, 7) is 0. The molecule has 12 heavy (non-hydrogen) atoms. The molecule has 1 heterocycles. The van der Waals surface area contributed by atoms with Gasteiger partial charge in [0.15, 0.2) is 0 Å². The number of halogens is 1. The average Bonchev–Trinajstić information content (AvgIpc) is 2.28. The molecule has 0 fully saturated rings. The van der Waals surface area contributed by atoms with Crippen molar-refractivity contribution in [1.29, 1.82) is 0 Å². The molecule has 0 saturated carbocycles. The lowest BCUT2D eigenvalue weighted by Gasteiger charge is -2.02. The van der Waals surface area contributed by atoms with Crippen molar-refractivity contribution < 1.29 is 0 Å². The maximum absolute atomic E-state index is 5.70. The van der Waals surface area contributed by atoms with Crippen LogP contribution < -0.4 is 11.5 Å². The molecule has 62 valence electrons. The van der Waals surface area contributed by atoms with Gasteiger partial charge in [-0.05, 0) is 12.1 Å². The van der Waals surface area contributed by atoms with E-state index < -0.39 is 0 Å². The highest BCUT2D eigenvalue weighted by Gasteiger charge is 2.19. The Bertz CT molecular complexity index is 359. The van der Waals surface area contributed by atoms with Crippen LogP contribution in [0.15, 0.2) is 27.7 Å². The zero-order valence-corrected chi connectivity index (χ0v) is 7.88. The SMILES string of the molecule is NC1=NC(N)c2ccc(Br)cc21. The largest absolute Gasteiger partial charge is 0.383 e. The smallest absolute Gasteiger partial charge is 0.128 e. The molecule has 0 bridgehead atoms. The van der Waals surface area contributed by atoms with Gasteiger partial charge in [0, 0.05) is 15.6 Å². The van der Waals surface area contributed by atoms with Gasteiger partial charge >= 0.3 is 0 Å². The van der Waals surface area contributed by atoms with Crippen molar-refractivity contribution in [2.45, 2.75) is 6.17 Å². The third kappa shape index (κ3) is 1.04. The number of hydrogen-bond acceptors (Lipinski definition) is 3. The molecule has 2 rings (SSSR count). The average molecular weight is 226 g/mol. The Morgan fingerprint density at radius 2 is 2.17 bits per heavy atom. The van der Waals surface area contributed by atoms with Crippen molar-refractivity contribution in [2.75, 3.05) is 0 Å². The molecular formula is C8H8BrN3. The normalized spacial score (nSPS) is 20.5. The third-order valence-corrected chi connectivity index (χ3v) is 2.38. The van der Waals surface area contributed by atoms with Gasteiger partial charge in [-0.3, -0.25) is 0 Å². The zero-order valence-electron chi connectivity index (χ0n) is 6.29. The molecule has 1 atom stereocenters. The number of benzene rings is 1. The van der Waals surface area contributed by atoms with E-state index in [4.69, 9.17) is 11.5 Å². The van der Waals surface area contributed by atoms with Crippen LogP contribution in [0.25, 0.3) is 0 Å². The first-order valence-corrected chi connectivity index (χ1v) is 4.36. The van der Waals surface area contributed by atoms with Gasteiger partial charge < -0.3 is 11.5 Å². The minimum absolute atomic E-state index is 0.284. The summed E-state index contributed by atoms with van der Waals surface area (Å²) in [6.07, 6.45) is -0.284. The summed E-state index contributed by atoms with van der Waals surface area (Å²) < 4.78 is 0.994. The van der Waals surface area contributed by atoms with Crippen LogP contribution in [0.1, 0.15) is 17.3 Å². The molecule has 0 aliphatic carbocycles. The third-order valence-electron chi connectivity index (χ3n) is 1.89. The summed E-state index contributed by atoms with van der Waals surface area (Å²) >= 11 is 3.36. The topological polar surface area (TPSA) is 64.4 Å². The van der Waals surface area contributed by atoms with E-state index in [1.807, 2.05) is 18.2 Å². The minimum Gasteiger partial charge on any atom is -0.383 e. The van der Waals surface area contributed by atoms with Crippen LogP contribution in [0, 0.1) is 0 Å². The first-order valence-electron chi connectivity index (χ1n) is 3.57. The molecule has 1 aliphatic rings. The first-order chi connectivity index (χ1) is 5.68. The van der Waals surface area contributed by atoms with Crippen LogP contribution in [-0.2, 0) is 0 Å². The second-order valence-corrected chi connectivity index (χ2v) is 3.61. The Balaban J connectivity index is 2.61. The lowest BCUT2D eigenvalue weighted by Crippen LogP contribution is -2.10. The van der Waals surface area contributed by atoms with Crippen LogP contribution >= 0.6 is 15.9 Å². The molecule has 1 aromatic carbocycles. The summed E-state index contributed by atoms with van der Waals surface area (Å²) in [7, 11) is 0. The number of rotatable bonds is 0. The molecule has 0 amide bonds. The molecule has 0 saturated heterocycles. The quantitative estimate of drug-likeness (QED) is 0.696. The predicted octanol–water partition coefficient (Wildman–Crippen LogP) is 1.13. The number of aliphatic imine (C=N–C) groups is 1. The minimum atomic E-state index is -0.284. The molecule has 1 aromatic rings. The molecule has 0 aromatic heterocycles. The maximum atomic E-state index is 5.70. The van der Waals surface area contributed by atoms with Gasteiger partial charge in [-0.2, -0.15) is 0 Å². The summed E-state index contributed by atoms with van der Waals surface area (Å²) in [4.78, 5) is 4.05. The fourth-order valence-corrected chi connectivity index (χ4v) is 1.66. The van der Waals surface area contributed by atoms with E-state index in [9.17, 15) is 0 Å². The first kappa shape index (κ1) is 7.76. The highest BCUT2D eigenvalue weighted by Crippen LogP contribution is 2.26. The molecule has 1 unspecified atom stereocenters. The molecule has 1 aliphatic heterocycles. The van der Waals surface area contributed by atoms with Crippen LogP contribution in [0.4, 0.5) is 0 Å². The summed E-state index contributed by atoms with van der Waals surface area (Å²) in [5.41, 5.74) is 13.3. The Hall–Kier alpha value is -0.870. The van der Waals surface area contributed by atoms with Crippen LogP contribution in [0.5, 0.6) is 0 Å². The second kappa shape index (κ2) is 2.57. The van der Waals surface area contributed by atoms with Crippen molar-refractivity contribution >= 4 is 21.8 Å². The lowest BCUT2D eigenvalue weighted by molar-refractivity contribution is 0.795. The summed E-state index contributed by atoms with van der Waals surface area (Å²) in [5.74, 6) is 0.527. The maximum Gasteiger partial charge on any atom is 0.128 e. The summed E-state index contributed by atoms with van der Waals surface area (Å²) in [6, 6.07) is 5.81. The molecule has 0 spiro atoms. The number of fused-ring (bicyclic) bond motifs is 1. The number of nitrogens with two attached hydrogens (primary N) is 2. The molecular weight excluding hydrogens is 218 g/mol. The van der Waals surface area contributed by atoms with E-state index in [2.05, 4.69) is 20.9 Å². The van der Waals surface area contributed by atoms with Crippen molar-refractivity contribution in [3.05, 3.63) is 33.8 Å². The van der Waals surface area contributed by atoms with Gasteiger partial charge in [-0.1, -0.05) is 22.0 Å². The Kier molecular flexibility index (Phi) is 1.66. The number of hydrogen-bond donors (Lipinski definition) is 2. The predicted molar refractivity (Wildman–Crippen MR) is 51.8 cm³/mol. The van der Waals surface area contributed by atoms with Gasteiger partial charge in [0.2, 0.25) is 0 Å². The monoisotopic (exact) mass is 225 g/mol. The number of nitrogens with zero attached hydrogens (tertiary/aromatic N) is 1. The van der Waals surface area contributed by atoms with E-state index in [1.54, 1.807) is 0 Å². The van der Waals surface area contributed by atoms with E-state index in [-0.39, 0.29) is 6.17 Å². The molecule has 0 radical (unpaired) electrons. The van der Waals surface area contributed by atoms with Crippen molar-refractivity contribution in [2.24, 2.45) is 16.5 Å². The molecule has 4 N–H and O–H groups in total. The standard InChI is InChI=1S/C8H8BrN3/c9-4-1-2-5-6(3-4)8(11)12-7(5)10/h1-3,7H,10H2,(H2,11,12). The van der Waals surface area contributed by atoms with Crippen LogP contribution in [0.3, 0.4) is 0 Å². The lowest BCUT2D eigenvalue weighted by atomic mass is 10.1. The van der Waals surface area contributed by atoms with E-state index in [0.717, 1.165) is 15.6 Å². The van der Waals surface area contributed by atoms with E-state index >= 15 is 0 Å². The van der Waals surface area contributed by atoms with Gasteiger partial charge in [0.1, 0.15) is 12.0 Å². The van der Waals surface area contributed by atoms with Gasteiger partial charge in [-0.15, -0.1) is 0 Å². The van der Waals surface area contributed by atoms with Crippen molar-refractivity contribution in [1.82, 2.24) is 0 Å². The fraction of sp³-hybridized carbons (Fsp3) is 0.125. The second-order valence-electron chi connectivity index (χ2n) is 2.69. The van der Waals surface area contributed by atoms with Gasteiger partial charge in [0.25, 0.3) is 0 Å². The zero-order chi connectivity index (χ0) is 8.72. The van der Waals surface area contributed by atoms with Gasteiger partial charge in [0.05, 0.1) is 0 Å². The number of amidine groups is 1. The fourth-order valence-electron chi connectivity index (χ4n) is 1.30. The highest BCUT2D eigenvalue weighted by molar-refractivity contribution is 9.10. The Morgan fingerprint density at radius 3 is 2.92 bits per heavy atom. The van der Waals surface area contributed by atoms with E-state index in [1.165, 1.54) is 0 Å².